The number of rotatable bonds is 0. The normalized spacial score (nSPS) is 25.7. The zero-order valence-electron chi connectivity index (χ0n) is 5.72. The van der Waals surface area contributed by atoms with Gasteiger partial charge in [0.25, 0.3) is 0 Å². The molecule has 58 valence electrons. The van der Waals surface area contributed by atoms with Gasteiger partial charge < -0.3 is 5.32 Å². The van der Waals surface area contributed by atoms with E-state index in [4.69, 9.17) is 0 Å². The van der Waals surface area contributed by atoms with Crippen molar-refractivity contribution >= 4 is 24.8 Å². The van der Waals surface area contributed by atoms with Gasteiger partial charge in [-0.1, -0.05) is 6.42 Å². The molecular formula is C6H15Cl2N. The summed E-state index contributed by atoms with van der Waals surface area (Å²) in [7, 11) is 0. The van der Waals surface area contributed by atoms with Crippen LogP contribution in [0.1, 0.15) is 26.2 Å². The Labute approximate surface area is 69.4 Å². The number of piperidine rings is 1. The number of halogens is 2. The zero-order chi connectivity index (χ0) is 5.11. The molecule has 1 saturated heterocycles. The Morgan fingerprint density at radius 1 is 1.22 bits per heavy atom. The molecule has 0 bridgehead atoms. The first kappa shape index (κ1) is 12.2. The van der Waals surface area contributed by atoms with E-state index in [2.05, 4.69) is 12.2 Å². The zero-order valence-corrected chi connectivity index (χ0v) is 7.36. The molecule has 1 N–H and O–H groups in total. The van der Waals surface area contributed by atoms with Crippen LogP contribution in [-0.2, 0) is 0 Å². The average Bonchev–Trinajstić information content (AvgIpc) is 1.69. The van der Waals surface area contributed by atoms with Gasteiger partial charge in [-0.05, 0) is 26.3 Å². The lowest BCUT2D eigenvalue weighted by Crippen LogP contribution is -2.30. The van der Waals surface area contributed by atoms with E-state index in [0.717, 1.165) is 6.04 Å². The van der Waals surface area contributed by atoms with E-state index in [1.54, 1.807) is 0 Å². The standard InChI is InChI=1S/C6H13N.2ClH/c1-6-4-2-3-5-7-6;;/h6-7H,2-5H2,1H3;2*1H. The monoisotopic (exact) mass is 171 g/mol. The molecular weight excluding hydrogens is 157 g/mol. The second-order valence-electron chi connectivity index (χ2n) is 2.35. The van der Waals surface area contributed by atoms with Crippen LogP contribution < -0.4 is 5.32 Å². The van der Waals surface area contributed by atoms with Gasteiger partial charge in [0, 0.05) is 6.04 Å². The van der Waals surface area contributed by atoms with Crippen molar-refractivity contribution in [3.05, 3.63) is 0 Å². The number of hydrogen-bond donors (Lipinski definition) is 1. The molecule has 0 aromatic carbocycles. The Hall–Kier alpha value is 0.540. The lowest BCUT2D eigenvalue weighted by Gasteiger charge is -2.18. The summed E-state index contributed by atoms with van der Waals surface area (Å²) in [4.78, 5) is 0. The third-order valence-corrected chi connectivity index (χ3v) is 1.56. The van der Waals surface area contributed by atoms with Gasteiger partial charge in [-0.15, -0.1) is 24.8 Å². The molecule has 0 aromatic heterocycles. The number of hydrogen-bond acceptors (Lipinski definition) is 1. The molecule has 1 rings (SSSR count). The Morgan fingerprint density at radius 2 is 1.89 bits per heavy atom. The Morgan fingerprint density at radius 3 is 2.11 bits per heavy atom. The highest BCUT2D eigenvalue weighted by Crippen LogP contribution is 2.04. The predicted octanol–water partition coefficient (Wildman–Crippen LogP) is 1.99. The summed E-state index contributed by atoms with van der Waals surface area (Å²) >= 11 is 0. The fraction of sp³-hybridized carbons (Fsp3) is 1.00. The summed E-state index contributed by atoms with van der Waals surface area (Å²) < 4.78 is 0. The van der Waals surface area contributed by atoms with Crippen molar-refractivity contribution in [3.63, 3.8) is 0 Å². The highest BCUT2D eigenvalue weighted by atomic mass is 35.5. The highest BCUT2D eigenvalue weighted by Gasteiger charge is 2.04. The minimum atomic E-state index is 0. The van der Waals surface area contributed by atoms with Crippen molar-refractivity contribution in [2.75, 3.05) is 6.54 Å². The lowest BCUT2D eigenvalue weighted by molar-refractivity contribution is 0.425. The molecule has 1 heterocycles. The van der Waals surface area contributed by atoms with E-state index >= 15 is 0 Å². The van der Waals surface area contributed by atoms with Crippen molar-refractivity contribution < 1.29 is 0 Å². The maximum atomic E-state index is 3.38. The van der Waals surface area contributed by atoms with E-state index in [0.29, 0.717) is 0 Å². The Balaban J connectivity index is 0. The Kier molecular flexibility index (Phi) is 9.05. The topological polar surface area (TPSA) is 12.0 Å². The van der Waals surface area contributed by atoms with Gasteiger partial charge in [0.15, 0.2) is 0 Å². The highest BCUT2D eigenvalue weighted by molar-refractivity contribution is 5.85. The fourth-order valence-electron chi connectivity index (χ4n) is 1.03. The van der Waals surface area contributed by atoms with E-state index < -0.39 is 0 Å². The van der Waals surface area contributed by atoms with E-state index in [9.17, 15) is 0 Å². The summed E-state index contributed by atoms with van der Waals surface area (Å²) in [6, 6.07) is 0.786. The van der Waals surface area contributed by atoms with Crippen LogP contribution in [0.3, 0.4) is 0 Å². The van der Waals surface area contributed by atoms with Crippen LogP contribution >= 0.6 is 24.8 Å². The van der Waals surface area contributed by atoms with Crippen molar-refractivity contribution in [1.82, 2.24) is 5.32 Å². The van der Waals surface area contributed by atoms with Crippen LogP contribution in [0.5, 0.6) is 0 Å². The van der Waals surface area contributed by atoms with Crippen LogP contribution in [-0.4, -0.2) is 12.6 Å². The smallest absolute Gasteiger partial charge is 0.00387 e. The molecule has 0 aromatic rings. The maximum absolute atomic E-state index is 3.38. The van der Waals surface area contributed by atoms with Crippen LogP contribution in [0, 0.1) is 0 Å². The van der Waals surface area contributed by atoms with Crippen LogP contribution in [0.4, 0.5) is 0 Å². The average molecular weight is 172 g/mol. The van der Waals surface area contributed by atoms with Crippen molar-refractivity contribution in [2.24, 2.45) is 0 Å². The summed E-state index contributed by atoms with van der Waals surface area (Å²) in [5.41, 5.74) is 0. The molecule has 1 nitrogen and oxygen atoms in total. The first-order valence-corrected chi connectivity index (χ1v) is 3.13. The van der Waals surface area contributed by atoms with Crippen LogP contribution in [0.2, 0.25) is 0 Å². The Bertz CT molecular complexity index is 53.0. The van der Waals surface area contributed by atoms with Crippen molar-refractivity contribution in [2.45, 2.75) is 32.2 Å². The minimum Gasteiger partial charge on any atom is -0.314 e. The molecule has 1 aliphatic heterocycles. The first-order chi connectivity index (χ1) is 3.39. The molecule has 0 spiro atoms. The van der Waals surface area contributed by atoms with Gasteiger partial charge in [-0.2, -0.15) is 0 Å². The fourth-order valence-corrected chi connectivity index (χ4v) is 1.03. The molecule has 0 saturated carbocycles. The molecule has 3 heteroatoms. The van der Waals surface area contributed by atoms with Gasteiger partial charge in [0.05, 0.1) is 0 Å². The first-order valence-electron chi connectivity index (χ1n) is 3.13. The van der Waals surface area contributed by atoms with Gasteiger partial charge in [0.2, 0.25) is 0 Å². The van der Waals surface area contributed by atoms with Crippen LogP contribution in [0.15, 0.2) is 0 Å². The summed E-state index contributed by atoms with van der Waals surface area (Å²) in [5, 5.41) is 3.38. The third-order valence-electron chi connectivity index (χ3n) is 1.56. The molecule has 9 heavy (non-hydrogen) atoms. The number of nitrogens with one attached hydrogen (secondary N) is 1. The SMILES string of the molecule is CC1CCCCN1.Cl.Cl. The van der Waals surface area contributed by atoms with Gasteiger partial charge in [-0.3, -0.25) is 0 Å². The summed E-state index contributed by atoms with van der Waals surface area (Å²) in [6.07, 6.45) is 4.18. The van der Waals surface area contributed by atoms with Crippen molar-refractivity contribution in [1.29, 1.82) is 0 Å². The molecule has 1 unspecified atom stereocenters. The van der Waals surface area contributed by atoms with E-state index in [1.165, 1.54) is 25.8 Å². The predicted molar refractivity (Wildman–Crippen MR) is 45.8 cm³/mol. The molecule has 0 aliphatic carbocycles. The van der Waals surface area contributed by atoms with Gasteiger partial charge in [-0.25, -0.2) is 0 Å². The van der Waals surface area contributed by atoms with Gasteiger partial charge in [0.1, 0.15) is 0 Å². The lowest BCUT2D eigenvalue weighted by atomic mass is 10.1. The second kappa shape index (κ2) is 6.66. The largest absolute Gasteiger partial charge is 0.314 e. The van der Waals surface area contributed by atoms with Crippen LogP contribution in [0.25, 0.3) is 0 Å². The molecule has 0 radical (unpaired) electrons. The second-order valence-corrected chi connectivity index (χ2v) is 2.35. The molecule has 1 fully saturated rings. The van der Waals surface area contributed by atoms with E-state index in [1.807, 2.05) is 0 Å². The van der Waals surface area contributed by atoms with Crippen molar-refractivity contribution in [3.8, 4) is 0 Å². The molecule has 1 atom stereocenters. The minimum absolute atomic E-state index is 0. The summed E-state index contributed by atoms with van der Waals surface area (Å²) in [6.45, 7) is 3.49. The molecule has 1 aliphatic rings. The van der Waals surface area contributed by atoms with Gasteiger partial charge >= 0.3 is 0 Å². The quantitative estimate of drug-likeness (QED) is 0.589. The van der Waals surface area contributed by atoms with E-state index in [-0.39, 0.29) is 24.8 Å². The summed E-state index contributed by atoms with van der Waals surface area (Å²) in [5.74, 6) is 0. The third kappa shape index (κ3) is 5.01. The molecule has 0 amide bonds. The maximum Gasteiger partial charge on any atom is 0.00387 e.